The first-order valence-electron chi connectivity index (χ1n) is 38.3. The fraction of sp³-hybridized carbons (Fsp3) is 0.0891. The molecule has 0 saturated carbocycles. The highest BCUT2D eigenvalue weighted by Crippen LogP contribution is 2.54. The van der Waals surface area contributed by atoms with Gasteiger partial charge in [0.15, 0.2) is 0 Å². The second kappa shape index (κ2) is 30.2. The normalized spacial score (nSPS) is 13.7. The lowest BCUT2D eigenvalue weighted by Crippen LogP contribution is -2.30. The fourth-order valence-corrected chi connectivity index (χ4v) is 21.7. The van der Waals surface area contributed by atoms with Crippen LogP contribution in [0, 0.1) is 0 Å². The number of hydrogen-bond donors (Lipinski definition) is 0. The molecule has 0 unspecified atom stereocenters. The highest BCUT2D eigenvalue weighted by molar-refractivity contribution is 7.40. The van der Waals surface area contributed by atoms with E-state index in [9.17, 15) is 0 Å². The zero-order valence-electron chi connectivity index (χ0n) is 61.9. The summed E-state index contributed by atoms with van der Waals surface area (Å²) in [5, 5.41) is 20.7. The molecule has 3 atom stereocenters. The summed E-state index contributed by atoms with van der Waals surface area (Å²) in [6, 6.07) is 124. The van der Waals surface area contributed by atoms with Crippen molar-refractivity contribution < 1.29 is 25.2 Å². The summed E-state index contributed by atoms with van der Waals surface area (Å²) < 4.78 is 48.6. The summed E-state index contributed by atoms with van der Waals surface area (Å²) in [7, 11) is -4.53. The van der Waals surface area contributed by atoms with Crippen LogP contribution in [0.5, 0.6) is 0 Å². The average molecular weight is 1520 g/mol. The van der Waals surface area contributed by atoms with Gasteiger partial charge in [-0.05, 0) is 181 Å². The Labute approximate surface area is 657 Å². The van der Waals surface area contributed by atoms with Gasteiger partial charge in [-0.3, -0.25) is 4.67 Å². The number of benzene rings is 17. The lowest BCUT2D eigenvalue weighted by molar-refractivity contribution is 0.558. The van der Waals surface area contributed by atoms with E-state index in [1.165, 1.54) is 65.5 Å². The molecule has 20 aromatic rings. The van der Waals surface area contributed by atoms with Crippen molar-refractivity contribution in [2.24, 2.45) is 0 Å². The minimum Gasteiger partial charge on any atom is -0.408 e. The van der Waals surface area contributed by atoms with Gasteiger partial charge in [0, 0.05) is 50.4 Å². The predicted octanol–water partition coefficient (Wildman–Crippen LogP) is 31.6. The molecule has 2 aliphatic heterocycles. The smallest absolute Gasteiger partial charge is 0.346 e. The van der Waals surface area contributed by atoms with Gasteiger partial charge in [0.1, 0.15) is 33.5 Å². The third-order valence-electron chi connectivity index (χ3n) is 22.3. The maximum atomic E-state index is 7.01. The third kappa shape index (κ3) is 12.9. The van der Waals surface area contributed by atoms with E-state index in [1.54, 1.807) is 0 Å². The van der Waals surface area contributed by atoms with Crippen LogP contribution in [0.2, 0.25) is 0 Å². The van der Waals surface area contributed by atoms with Crippen LogP contribution in [0.3, 0.4) is 0 Å². The zero-order valence-corrected chi connectivity index (χ0v) is 64.6. The van der Waals surface area contributed by atoms with E-state index >= 15 is 0 Å². The second-order valence-corrected chi connectivity index (χ2v) is 32.7. The number of aryl methyl sites for hydroxylation is 1. The van der Waals surface area contributed by atoms with Gasteiger partial charge in [-0.1, -0.05) is 317 Å². The van der Waals surface area contributed by atoms with Crippen LogP contribution in [0.25, 0.3) is 143 Å². The number of fused-ring (bicyclic) bond motifs is 24. The largest absolute Gasteiger partial charge is 0.408 e. The number of rotatable bonds is 7. The van der Waals surface area contributed by atoms with Gasteiger partial charge in [0.05, 0.1) is 17.1 Å². The summed E-state index contributed by atoms with van der Waals surface area (Å²) in [5.74, 6) is 0. The van der Waals surface area contributed by atoms with Gasteiger partial charge in [-0.25, -0.2) is 4.67 Å². The van der Waals surface area contributed by atoms with Crippen molar-refractivity contribution in [2.45, 2.75) is 59.2 Å². The topological polar surface area (TPSA) is 88.6 Å². The average Bonchev–Trinajstić information content (AvgIpc) is 1.58. The Kier molecular flexibility index (Phi) is 18.9. The Morgan fingerprint density at radius 1 is 0.301 bits per heavy atom. The van der Waals surface area contributed by atoms with Crippen LogP contribution in [0.4, 0.5) is 17.1 Å². The molecule has 0 fully saturated rings. The fourth-order valence-electron chi connectivity index (χ4n) is 16.8. The van der Waals surface area contributed by atoms with Crippen molar-refractivity contribution >= 4 is 184 Å². The van der Waals surface area contributed by atoms with Gasteiger partial charge in [0.25, 0.3) is 0 Å². The van der Waals surface area contributed by atoms with Crippen LogP contribution in [0.15, 0.2) is 377 Å². The summed E-state index contributed by atoms with van der Waals surface area (Å²) >= 11 is 0. The van der Waals surface area contributed by atoms with Crippen molar-refractivity contribution in [3.63, 3.8) is 0 Å². The highest BCUT2D eigenvalue weighted by Gasteiger charge is 2.32. The molecule has 3 aromatic heterocycles. The van der Waals surface area contributed by atoms with Crippen molar-refractivity contribution in [3.05, 3.63) is 380 Å². The molecule has 0 amide bonds. The van der Waals surface area contributed by atoms with Crippen molar-refractivity contribution in [2.75, 3.05) is 14.0 Å². The molecule has 0 spiro atoms. The van der Waals surface area contributed by atoms with Crippen LogP contribution in [-0.2, 0) is 6.42 Å². The molecule has 0 bridgehead atoms. The molecular weight excluding hydrogens is 1440 g/mol. The Hall–Kier alpha value is -12.7. The van der Waals surface area contributed by atoms with Gasteiger partial charge in [0.2, 0.25) is 0 Å². The first-order chi connectivity index (χ1) is 55.3. The lowest BCUT2D eigenvalue weighted by atomic mass is 9.99. The van der Waals surface area contributed by atoms with E-state index in [0.29, 0.717) is 6.04 Å². The van der Waals surface area contributed by atoms with E-state index in [-0.39, 0.29) is 19.5 Å². The van der Waals surface area contributed by atoms with Crippen LogP contribution in [0.1, 0.15) is 74.5 Å². The van der Waals surface area contributed by atoms with Gasteiger partial charge >= 0.3 is 24.5 Å². The molecule has 0 N–H and O–H groups in total. The van der Waals surface area contributed by atoms with Gasteiger partial charge in [-0.2, -0.15) is 4.67 Å². The van der Waals surface area contributed by atoms with E-state index in [4.69, 9.17) is 25.2 Å². The zero-order chi connectivity index (χ0) is 74.8. The molecule has 0 radical (unpaired) electrons. The molecule has 550 valence electrons. The molecule has 17 aromatic carbocycles. The standard InChI is InChI=1S/C36H30NO2P.C34H22NO2P.C30H24NO2P.CH4/c1-25(27-13-5-3-6-14-27)37(26(2)28-15-7-4-8-16-28)40-38-33-23-21-29-17-9-11-19-31(29)35(33)36-32-20-12-10-18-30(32)22-24-34(36)39-40;1-5-13-27-23(9-1)19-21-31-33(27)34-28-14-6-2-10-24(28)20-22-32(34)37-38(36-31)35-29-15-7-3-11-25(29)17-18-26-12-4-8-16-30(26)35;1-20-14-15-23-10-4-7-13-26(23)31(20)34-32-27-18-16-21-8-2-5-11-24(21)29(27)30-25-12-6-3-9-22(25)17-19-28(30)33-34;/h3-26H,1-2H3;1-22H;2-13,16-20H,14-15H2,1H3;1H4/t25-,26-;;20-;/m0.0./s1. The van der Waals surface area contributed by atoms with Crippen LogP contribution in [-0.4, -0.2) is 6.04 Å². The molecule has 22 rings (SSSR count). The van der Waals surface area contributed by atoms with Crippen LogP contribution >= 0.6 is 24.5 Å². The second-order valence-electron chi connectivity index (χ2n) is 28.9. The molecular formula is C101H80N3O6P3. The minimum atomic E-state index is -1.60. The van der Waals surface area contributed by atoms with Crippen molar-refractivity contribution in [1.82, 2.24) is 0 Å². The van der Waals surface area contributed by atoms with Gasteiger partial charge < -0.3 is 25.2 Å². The lowest BCUT2D eigenvalue weighted by Gasteiger charge is -2.33. The van der Waals surface area contributed by atoms with E-state index in [1.807, 2.05) is 0 Å². The van der Waals surface area contributed by atoms with E-state index in [2.05, 4.69) is 399 Å². The van der Waals surface area contributed by atoms with Gasteiger partial charge in [-0.15, -0.1) is 0 Å². The minimum absolute atomic E-state index is 0. The van der Waals surface area contributed by atoms with E-state index < -0.39 is 24.5 Å². The van der Waals surface area contributed by atoms with Crippen LogP contribution < -0.4 is 14.0 Å². The molecule has 5 heterocycles. The highest BCUT2D eigenvalue weighted by atomic mass is 31.1. The van der Waals surface area contributed by atoms with Crippen molar-refractivity contribution in [3.8, 4) is 0 Å². The predicted molar refractivity (Wildman–Crippen MR) is 480 cm³/mol. The maximum Gasteiger partial charge on any atom is 0.346 e. The third-order valence-corrected chi connectivity index (χ3v) is 27.2. The first kappa shape index (κ1) is 70.7. The number of anilines is 3. The summed E-state index contributed by atoms with van der Waals surface area (Å²) in [5.41, 5.74) is 14.5. The Morgan fingerprint density at radius 3 is 0.938 bits per heavy atom. The Balaban J connectivity index is 0.000000114. The summed E-state index contributed by atoms with van der Waals surface area (Å²) in [6.07, 6.45) is 6.51. The first-order valence-corrected chi connectivity index (χ1v) is 41.7. The van der Waals surface area contributed by atoms with E-state index in [0.717, 1.165) is 123 Å². The molecule has 9 nitrogen and oxygen atoms in total. The summed E-state index contributed by atoms with van der Waals surface area (Å²) in [4.78, 5) is 0. The number of nitrogens with zero attached hydrogens (tertiary/aromatic N) is 3. The molecule has 2 aliphatic rings. The molecule has 12 heteroatoms. The molecule has 0 saturated heterocycles. The monoisotopic (exact) mass is 1520 g/mol. The Bertz CT molecular complexity index is 6830. The quantitative estimate of drug-likeness (QED) is 0.155. The number of para-hydroxylation sites is 3. The van der Waals surface area contributed by atoms with Crippen molar-refractivity contribution in [1.29, 1.82) is 0 Å². The Morgan fingerprint density at radius 2 is 0.584 bits per heavy atom. The molecule has 0 aliphatic carbocycles. The SMILES string of the molecule is C.C1=Cc2ccccc2N(p2oc3ccc4ccccc4c3c3c(ccc4ccccc43)o2)c2ccccc21.C[C@@H](c1ccccc1)N([C@@H](C)c1ccccc1)p1oc2ccc3ccccc3c2c2c(ccc3ccccc32)o1.C[C@H]1CCc2ccccc2N1p1oc2ccc3ccccc3c2c2c(ccc3ccccc32)o1. The maximum absolute atomic E-state index is 7.01. The summed E-state index contributed by atoms with van der Waals surface area (Å²) in [6.45, 7) is 6.77. The molecule has 113 heavy (non-hydrogen) atoms. The number of hydrogen-bond acceptors (Lipinski definition) is 9.